The molecule has 0 saturated heterocycles. The highest BCUT2D eigenvalue weighted by Gasteiger charge is 2.26. The molecule has 0 aliphatic rings. The van der Waals surface area contributed by atoms with Gasteiger partial charge in [0, 0.05) is 23.5 Å². The maximum Gasteiger partial charge on any atom is 0.407 e. The predicted molar refractivity (Wildman–Crippen MR) is 103 cm³/mol. The molecule has 1 amide bonds. The van der Waals surface area contributed by atoms with Crippen molar-refractivity contribution in [1.29, 1.82) is 0 Å². The molecule has 2 rings (SSSR count). The highest BCUT2D eigenvalue weighted by atomic mass is 79.9. The zero-order valence-electron chi connectivity index (χ0n) is 15.9. The molecule has 0 unspecified atom stereocenters. The fraction of sp³-hybridized carbons (Fsp3) is 0.474. The zero-order valence-corrected chi connectivity index (χ0v) is 17.5. The second kappa shape index (κ2) is 7.02. The number of benzene rings is 1. The van der Waals surface area contributed by atoms with E-state index in [0.717, 1.165) is 0 Å². The molecule has 1 N–H and O–H groups in total. The molecule has 5 nitrogen and oxygen atoms in total. The molecular formula is C19H24BrFN2O3. The fourth-order valence-electron chi connectivity index (χ4n) is 2.44. The van der Waals surface area contributed by atoms with E-state index in [-0.39, 0.29) is 16.9 Å². The van der Waals surface area contributed by atoms with Crippen LogP contribution < -0.4 is 5.32 Å². The number of aromatic nitrogens is 1. The van der Waals surface area contributed by atoms with Gasteiger partial charge in [0.2, 0.25) is 5.91 Å². The van der Waals surface area contributed by atoms with E-state index in [0.29, 0.717) is 16.5 Å². The quantitative estimate of drug-likeness (QED) is 0.712. The Bertz CT molecular complexity index is 860. The first kappa shape index (κ1) is 20.4. The van der Waals surface area contributed by atoms with E-state index in [1.165, 1.54) is 10.6 Å². The van der Waals surface area contributed by atoms with Gasteiger partial charge >= 0.3 is 6.09 Å². The number of amides is 1. The van der Waals surface area contributed by atoms with Crippen LogP contribution in [0.2, 0.25) is 0 Å². The first-order valence-corrected chi connectivity index (χ1v) is 9.09. The van der Waals surface area contributed by atoms with Crippen LogP contribution in [0.25, 0.3) is 10.9 Å². The van der Waals surface area contributed by atoms with E-state index < -0.39 is 22.9 Å². The number of halogens is 2. The molecule has 0 atom stereocenters. The molecule has 7 heteroatoms. The third kappa shape index (κ3) is 4.63. The predicted octanol–water partition coefficient (Wildman–Crippen LogP) is 5.25. The van der Waals surface area contributed by atoms with E-state index in [9.17, 15) is 14.0 Å². The molecule has 142 valence electrons. The van der Waals surface area contributed by atoms with Crippen LogP contribution in [-0.2, 0) is 11.3 Å². The summed E-state index contributed by atoms with van der Waals surface area (Å²) in [6.45, 7) is 10.9. The Morgan fingerprint density at radius 2 is 1.81 bits per heavy atom. The van der Waals surface area contributed by atoms with Crippen molar-refractivity contribution < 1.29 is 18.7 Å². The van der Waals surface area contributed by atoms with Crippen LogP contribution in [-0.4, -0.2) is 22.2 Å². The lowest BCUT2D eigenvalue weighted by atomic mass is 9.95. The minimum Gasteiger partial charge on any atom is -0.444 e. The third-order valence-electron chi connectivity index (χ3n) is 3.61. The van der Waals surface area contributed by atoms with Crippen molar-refractivity contribution in [3.63, 3.8) is 0 Å². The minimum atomic E-state index is -0.614. The average molecular weight is 427 g/mol. The van der Waals surface area contributed by atoms with Crippen LogP contribution in [0.4, 0.5) is 9.18 Å². The maximum atomic E-state index is 14.0. The summed E-state index contributed by atoms with van der Waals surface area (Å²) in [6, 6.07) is 2.93. The van der Waals surface area contributed by atoms with Gasteiger partial charge in [-0.05, 0) is 54.4 Å². The molecule has 0 aliphatic heterocycles. The number of hydrogen-bond donors (Lipinski definition) is 1. The molecule has 0 spiro atoms. The van der Waals surface area contributed by atoms with Crippen LogP contribution in [0, 0.1) is 11.2 Å². The summed E-state index contributed by atoms with van der Waals surface area (Å²) < 4.78 is 21.0. The van der Waals surface area contributed by atoms with Crippen LogP contribution in [0.5, 0.6) is 0 Å². The first-order chi connectivity index (χ1) is 11.8. The van der Waals surface area contributed by atoms with Crippen molar-refractivity contribution in [2.24, 2.45) is 5.41 Å². The number of ether oxygens (including phenoxy) is 1. The summed E-state index contributed by atoms with van der Waals surface area (Å²) in [5.41, 5.74) is -0.00558. The van der Waals surface area contributed by atoms with Crippen molar-refractivity contribution in [3.8, 4) is 0 Å². The molecule has 0 aliphatic carbocycles. The van der Waals surface area contributed by atoms with Crippen molar-refractivity contribution >= 4 is 38.8 Å². The normalized spacial score (nSPS) is 12.3. The van der Waals surface area contributed by atoms with Crippen LogP contribution in [0.3, 0.4) is 0 Å². The number of alkyl carbamates (subject to hydrolysis) is 1. The highest BCUT2D eigenvalue weighted by Crippen LogP contribution is 2.30. The van der Waals surface area contributed by atoms with Gasteiger partial charge in [-0.3, -0.25) is 9.36 Å². The van der Waals surface area contributed by atoms with E-state index >= 15 is 0 Å². The van der Waals surface area contributed by atoms with Gasteiger partial charge in [-0.2, -0.15) is 0 Å². The number of nitrogens with zero attached hydrogens (tertiary/aromatic N) is 1. The van der Waals surface area contributed by atoms with Gasteiger partial charge in [-0.15, -0.1) is 0 Å². The molecular weight excluding hydrogens is 403 g/mol. The lowest BCUT2D eigenvalue weighted by Crippen LogP contribution is -2.32. The highest BCUT2D eigenvalue weighted by molar-refractivity contribution is 9.10. The Kier molecular flexibility index (Phi) is 5.52. The van der Waals surface area contributed by atoms with Crippen LogP contribution >= 0.6 is 15.9 Å². The Balaban J connectivity index is 2.42. The second-order valence-corrected chi connectivity index (χ2v) is 9.07. The first-order valence-electron chi connectivity index (χ1n) is 8.30. The van der Waals surface area contributed by atoms with Gasteiger partial charge in [0.1, 0.15) is 11.4 Å². The Morgan fingerprint density at radius 3 is 2.35 bits per heavy atom. The van der Waals surface area contributed by atoms with Gasteiger partial charge in [0.05, 0.1) is 9.99 Å². The topological polar surface area (TPSA) is 60.3 Å². The number of rotatable bonds is 2. The number of fused-ring (bicyclic) bond motifs is 1. The maximum absolute atomic E-state index is 14.0. The number of carbonyl (C=O) groups is 2. The van der Waals surface area contributed by atoms with E-state index in [1.54, 1.807) is 33.0 Å². The molecule has 1 heterocycles. The molecule has 0 fully saturated rings. The van der Waals surface area contributed by atoms with E-state index in [2.05, 4.69) is 21.2 Å². The van der Waals surface area contributed by atoms with Crippen molar-refractivity contribution in [2.45, 2.75) is 53.7 Å². The molecule has 0 saturated carbocycles. The SMILES string of the molecule is CC(C)(C)OC(=O)NCc1cn(C(=O)C(C)(C)C)c2cc(Br)c(F)cc12. The van der Waals surface area contributed by atoms with Crippen molar-refractivity contribution in [1.82, 2.24) is 9.88 Å². The molecule has 1 aromatic carbocycles. The van der Waals surface area contributed by atoms with Crippen molar-refractivity contribution in [2.75, 3.05) is 0 Å². The third-order valence-corrected chi connectivity index (χ3v) is 4.22. The summed E-state index contributed by atoms with van der Waals surface area (Å²) in [5, 5.41) is 3.22. The Labute approximate surface area is 161 Å². The molecule has 0 radical (unpaired) electrons. The standard InChI is InChI=1S/C19H24BrFN2O3/c1-18(2,3)16(24)23-10-11(9-22-17(25)26-19(4,5)6)12-7-14(21)13(20)8-15(12)23/h7-8,10H,9H2,1-6H3,(H,22,25). The average Bonchev–Trinajstić information content (AvgIpc) is 2.80. The summed E-state index contributed by atoms with van der Waals surface area (Å²) in [4.78, 5) is 24.7. The number of carbonyl (C=O) groups excluding carboxylic acids is 2. The molecule has 26 heavy (non-hydrogen) atoms. The lowest BCUT2D eigenvalue weighted by molar-refractivity contribution is 0.0523. The van der Waals surface area contributed by atoms with E-state index in [1.807, 2.05) is 20.8 Å². The number of nitrogens with one attached hydrogen (secondary N) is 1. The van der Waals surface area contributed by atoms with Gasteiger partial charge in [0.25, 0.3) is 0 Å². The summed E-state index contributed by atoms with van der Waals surface area (Å²) in [6.07, 6.45) is 1.07. The largest absolute Gasteiger partial charge is 0.444 e. The molecule has 2 aromatic rings. The van der Waals surface area contributed by atoms with Gasteiger partial charge in [-0.1, -0.05) is 20.8 Å². The zero-order chi connectivity index (χ0) is 19.9. The second-order valence-electron chi connectivity index (χ2n) is 8.22. The van der Waals surface area contributed by atoms with E-state index in [4.69, 9.17) is 4.74 Å². The minimum absolute atomic E-state index is 0.121. The van der Waals surface area contributed by atoms with Gasteiger partial charge in [-0.25, -0.2) is 9.18 Å². The lowest BCUT2D eigenvalue weighted by Gasteiger charge is -2.19. The Hall–Kier alpha value is -1.89. The molecule has 1 aromatic heterocycles. The monoisotopic (exact) mass is 426 g/mol. The summed E-state index contributed by atoms with van der Waals surface area (Å²) in [7, 11) is 0. The summed E-state index contributed by atoms with van der Waals surface area (Å²) >= 11 is 3.17. The van der Waals surface area contributed by atoms with Crippen LogP contribution in [0.1, 0.15) is 51.9 Å². The van der Waals surface area contributed by atoms with Gasteiger partial charge < -0.3 is 10.1 Å². The van der Waals surface area contributed by atoms with Gasteiger partial charge in [0.15, 0.2) is 0 Å². The van der Waals surface area contributed by atoms with Crippen molar-refractivity contribution in [3.05, 3.63) is 34.2 Å². The molecule has 0 bridgehead atoms. The Morgan fingerprint density at radius 1 is 1.19 bits per heavy atom. The smallest absolute Gasteiger partial charge is 0.407 e. The number of hydrogen-bond acceptors (Lipinski definition) is 3. The fourth-order valence-corrected chi connectivity index (χ4v) is 2.77. The van der Waals surface area contributed by atoms with Crippen LogP contribution in [0.15, 0.2) is 22.8 Å². The summed E-state index contributed by atoms with van der Waals surface area (Å²) in [5.74, 6) is -0.554.